The number of nitrogens with zero attached hydrogens (tertiary/aromatic N) is 2. The van der Waals surface area contributed by atoms with Gasteiger partial charge in [-0.05, 0) is 20.9 Å². The van der Waals surface area contributed by atoms with Crippen LogP contribution >= 0.6 is 0 Å². The second-order valence-corrected chi connectivity index (χ2v) is 2.29. The van der Waals surface area contributed by atoms with Gasteiger partial charge >= 0.3 is 0 Å². The normalized spacial score (nSPS) is 13.5. The van der Waals surface area contributed by atoms with E-state index in [1.807, 2.05) is 20.9 Å². The summed E-state index contributed by atoms with van der Waals surface area (Å²) in [6, 6.07) is 0.227. The van der Waals surface area contributed by atoms with E-state index in [0.717, 1.165) is 11.6 Å². The van der Waals surface area contributed by atoms with Gasteiger partial charge in [0.2, 0.25) is 0 Å². The van der Waals surface area contributed by atoms with E-state index in [4.69, 9.17) is 0 Å². The molecule has 0 spiro atoms. The standard InChI is InChI=1S/C6H12N4/c1-4(7-3)6-8-5(2)9-10-6/h4,7H,1-3H3,(H,8,9,10)/t4-/m0/s1. The van der Waals surface area contributed by atoms with Gasteiger partial charge in [-0.15, -0.1) is 0 Å². The van der Waals surface area contributed by atoms with E-state index < -0.39 is 0 Å². The molecule has 0 radical (unpaired) electrons. The zero-order chi connectivity index (χ0) is 7.56. The zero-order valence-electron chi connectivity index (χ0n) is 6.47. The largest absolute Gasteiger partial charge is 0.311 e. The summed E-state index contributed by atoms with van der Waals surface area (Å²) in [6.07, 6.45) is 0. The third kappa shape index (κ3) is 1.33. The molecule has 4 nitrogen and oxygen atoms in total. The summed E-state index contributed by atoms with van der Waals surface area (Å²) in [7, 11) is 1.89. The molecular weight excluding hydrogens is 128 g/mol. The van der Waals surface area contributed by atoms with E-state index in [0.29, 0.717) is 0 Å². The van der Waals surface area contributed by atoms with Crippen LogP contribution in [0.2, 0.25) is 0 Å². The Morgan fingerprint density at radius 3 is 2.70 bits per heavy atom. The molecule has 4 heteroatoms. The number of aromatic amines is 1. The monoisotopic (exact) mass is 140 g/mol. The van der Waals surface area contributed by atoms with Crippen molar-refractivity contribution in [3.63, 3.8) is 0 Å². The Kier molecular flexibility index (Phi) is 2.01. The first-order valence-corrected chi connectivity index (χ1v) is 3.30. The summed E-state index contributed by atoms with van der Waals surface area (Å²) in [5.41, 5.74) is 0. The van der Waals surface area contributed by atoms with Gasteiger partial charge in [0.15, 0.2) is 5.82 Å². The molecule has 0 aliphatic heterocycles. The third-order valence-electron chi connectivity index (χ3n) is 1.43. The molecular formula is C6H12N4. The highest BCUT2D eigenvalue weighted by molar-refractivity contribution is 4.92. The Bertz CT molecular complexity index is 205. The van der Waals surface area contributed by atoms with Gasteiger partial charge in [0.25, 0.3) is 0 Å². The highest BCUT2D eigenvalue weighted by Crippen LogP contribution is 2.03. The number of nitrogens with one attached hydrogen (secondary N) is 2. The smallest absolute Gasteiger partial charge is 0.167 e. The molecule has 0 aliphatic carbocycles. The highest BCUT2D eigenvalue weighted by Gasteiger charge is 2.05. The Labute approximate surface area is 60.1 Å². The minimum atomic E-state index is 0.227. The Morgan fingerprint density at radius 2 is 2.30 bits per heavy atom. The van der Waals surface area contributed by atoms with E-state index in [1.165, 1.54) is 0 Å². The number of rotatable bonds is 2. The minimum Gasteiger partial charge on any atom is -0.311 e. The van der Waals surface area contributed by atoms with Crippen molar-refractivity contribution in [2.75, 3.05) is 7.05 Å². The molecule has 1 heterocycles. The van der Waals surface area contributed by atoms with Gasteiger partial charge in [-0.25, -0.2) is 4.98 Å². The van der Waals surface area contributed by atoms with Crippen molar-refractivity contribution >= 4 is 0 Å². The molecule has 1 atom stereocenters. The number of H-pyrrole nitrogens is 1. The average molecular weight is 140 g/mol. The Hall–Kier alpha value is -0.900. The molecule has 0 amide bonds. The summed E-state index contributed by atoms with van der Waals surface area (Å²) >= 11 is 0. The van der Waals surface area contributed by atoms with Gasteiger partial charge in [0, 0.05) is 0 Å². The lowest BCUT2D eigenvalue weighted by molar-refractivity contribution is 0.613. The van der Waals surface area contributed by atoms with Crippen molar-refractivity contribution in [1.82, 2.24) is 20.5 Å². The minimum absolute atomic E-state index is 0.227. The first-order valence-electron chi connectivity index (χ1n) is 3.30. The lowest BCUT2D eigenvalue weighted by Crippen LogP contribution is -2.13. The molecule has 10 heavy (non-hydrogen) atoms. The molecule has 0 unspecified atom stereocenters. The fourth-order valence-electron chi connectivity index (χ4n) is 0.683. The van der Waals surface area contributed by atoms with Gasteiger partial charge in [0.05, 0.1) is 6.04 Å². The molecule has 56 valence electrons. The van der Waals surface area contributed by atoms with E-state index in [1.54, 1.807) is 0 Å². The van der Waals surface area contributed by atoms with Gasteiger partial charge in [-0.3, -0.25) is 5.10 Å². The molecule has 0 aromatic carbocycles. The van der Waals surface area contributed by atoms with E-state index >= 15 is 0 Å². The second-order valence-electron chi connectivity index (χ2n) is 2.29. The topological polar surface area (TPSA) is 53.6 Å². The SMILES string of the molecule is CN[C@@H](C)c1n[nH]c(C)n1. The average Bonchev–Trinajstić information content (AvgIpc) is 2.34. The maximum Gasteiger partial charge on any atom is 0.167 e. The maximum absolute atomic E-state index is 4.15. The second kappa shape index (κ2) is 2.79. The molecule has 0 saturated carbocycles. The van der Waals surface area contributed by atoms with Crippen LogP contribution in [-0.2, 0) is 0 Å². The molecule has 2 N–H and O–H groups in total. The van der Waals surface area contributed by atoms with Crippen molar-refractivity contribution in [1.29, 1.82) is 0 Å². The summed E-state index contributed by atoms with van der Waals surface area (Å²) in [5.74, 6) is 1.68. The fraction of sp³-hybridized carbons (Fsp3) is 0.667. The van der Waals surface area contributed by atoms with Crippen LogP contribution in [0.5, 0.6) is 0 Å². The van der Waals surface area contributed by atoms with Gasteiger partial charge in [-0.2, -0.15) is 5.10 Å². The van der Waals surface area contributed by atoms with Gasteiger partial charge in [-0.1, -0.05) is 0 Å². The molecule has 0 aliphatic rings. The predicted octanol–water partition coefficient (Wildman–Crippen LogP) is 0.394. The lowest BCUT2D eigenvalue weighted by atomic mass is 10.3. The quantitative estimate of drug-likeness (QED) is 0.625. The van der Waals surface area contributed by atoms with Crippen molar-refractivity contribution in [3.05, 3.63) is 11.6 Å². The van der Waals surface area contributed by atoms with Gasteiger partial charge in [0.1, 0.15) is 5.82 Å². The number of hydrogen-bond acceptors (Lipinski definition) is 3. The zero-order valence-corrected chi connectivity index (χ0v) is 6.47. The number of hydrogen-bond donors (Lipinski definition) is 2. The summed E-state index contributed by atoms with van der Waals surface area (Å²) in [5, 5.41) is 9.82. The van der Waals surface area contributed by atoms with E-state index in [9.17, 15) is 0 Å². The van der Waals surface area contributed by atoms with Crippen LogP contribution < -0.4 is 5.32 Å². The highest BCUT2D eigenvalue weighted by atomic mass is 15.2. The molecule has 0 fully saturated rings. The van der Waals surface area contributed by atoms with Crippen molar-refractivity contribution in [2.45, 2.75) is 19.9 Å². The molecule has 1 rings (SSSR count). The molecule has 0 saturated heterocycles. The fourth-order valence-corrected chi connectivity index (χ4v) is 0.683. The van der Waals surface area contributed by atoms with Gasteiger partial charge < -0.3 is 5.32 Å². The van der Waals surface area contributed by atoms with E-state index in [2.05, 4.69) is 20.5 Å². The van der Waals surface area contributed by atoms with Crippen molar-refractivity contribution < 1.29 is 0 Å². The van der Waals surface area contributed by atoms with E-state index in [-0.39, 0.29) is 6.04 Å². The van der Waals surface area contributed by atoms with Crippen LogP contribution in [0.15, 0.2) is 0 Å². The third-order valence-corrected chi connectivity index (χ3v) is 1.43. The Morgan fingerprint density at radius 1 is 1.60 bits per heavy atom. The maximum atomic E-state index is 4.15. The number of aryl methyl sites for hydroxylation is 1. The summed E-state index contributed by atoms with van der Waals surface area (Å²) in [6.45, 7) is 3.90. The van der Waals surface area contributed by atoms with Crippen molar-refractivity contribution in [3.8, 4) is 0 Å². The molecule has 1 aromatic rings. The van der Waals surface area contributed by atoms with Crippen LogP contribution in [0.25, 0.3) is 0 Å². The molecule has 1 aromatic heterocycles. The van der Waals surface area contributed by atoms with Crippen LogP contribution in [0, 0.1) is 6.92 Å². The van der Waals surface area contributed by atoms with Crippen LogP contribution in [0.4, 0.5) is 0 Å². The van der Waals surface area contributed by atoms with Crippen molar-refractivity contribution in [2.24, 2.45) is 0 Å². The first kappa shape index (κ1) is 7.21. The van der Waals surface area contributed by atoms with Crippen LogP contribution in [0.3, 0.4) is 0 Å². The van der Waals surface area contributed by atoms with Crippen LogP contribution in [-0.4, -0.2) is 22.2 Å². The Balaban J connectivity index is 2.74. The number of aromatic nitrogens is 3. The van der Waals surface area contributed by atoms with Crippen LogP contribution in [0.1, 0.15) is 24.6 Å². The lowest BCUT2D eigenvalue weighted by Gasteiger charge is -2.02. The summed E-state index contributed by atoms with van der Waals surface area (Å²) in [4.78, 5) is 4.15. The summed E-state index contributed by atoms with van der Waals surface area (Å²) < 4.78 is 0. The molecule has 0 bridgehead atoms. The first-order chi connectivity index (χ1) is 4.74. The predicted molar refractivity (Wildman–Crippen MR) is 38.6 cm³/mol.